The fourth-order valence-corrected chi connectivity index (χ4v) is 1.18. The van der Waals surface area contributed by atoms with Crippen LogP contribution in [0.15, 0.2) is 10.1 Å². The number of rotatable bonds is 0. The summed E-state index contributed by atoms with van der Waals surface area (Å²) in [5.41, 5.74) is 3.76. The molecule has 1 heterocycles. The summed E-state index contributed by atoms with van der Waals surface area (Å²) < 4.78 is 0. The maximum absolute atomic E-state index is 4.45. The van der Waals surface area contributed by atoms with Gasteiger partial charge in [-0.2, -0.15) is 5.10 Å². The van der Waals surface area contributed by atoms with Crippen LogP contribution in [0.3, 0.4) is 0 Å². The average Bonchev–Trinajstić information content (AvgIpc) is 1.95. The van der Waals surface area contributed by atoms with Gasteiger partial charge in [-0.15, -0.1) is 0 Å². The molecule has 1 rings (SSSR count). The van der Waals surface area contributed by atoms with Crippen molar-refractivity contribution in [2.24, 2.45) is 10.1 Å². The second kappa shape index (κ2) is 2.85. The second-order valence-electron chi connectivity index (χ2n) is 2.99. The lowest BCUT2D eigenvalue weighted by Crippen LogP contribution is -2.36. The molecule has 11 heavy (non-hydrogen) atoms. The number of nitrogens with one attached hydrogen (secondary N) is 1. The first-order valence-electron chi connectivity index (χ1n) is 3.51. The zero-order valence-corrected chi connectivity index (χ0v) is 8.12. The lowest BCUT2D eigenvalue weighted by atomic mass is 10.0. The Morgan fingerprint density at radius 3 is 2.55 bits per heavy atom. The maximum atomic E-state index is 4.45. The largest absolute Gasteiger partial charge is 0.256 e. The minimum absolute atomic E-state index is 0.135. The molecule has 0 spiro atoms. The molecular formula is C7H13N3S. The van der Waals surface area contributed by atoms with Gasteiger partial charge in [0.25, 0.3) is 0 Å². The first kappa shape index (κ1) is 8.59. The number of thioether (sulfide) groups is 1. The van der Waals surface area contributed by atoms with E-state index in [9.17, 15) is 0 Å². The highest BCUT2D eigenvalue weighted by molar-refractivity contribution is 8.13. The highest BCUT2D eigenvalue weighted by Gasteiger charge is 2.24. The predicted molar refractivity (Wildman–Crippen MR) is 51.3 cm³/mol. The van der Waals surface area contributed by atoms with Gasteiger partial charge >= 0.3 is 0 Å². The normalized spacial score (nSPS) is 21.8. The zero-order chi connectivity index (χ0) is 8.48. The first-order valence-corrected chi connectivity index (χ1v) is 4.73. The average molecular weight is 171 g/mol. The second-order valence-corrected chi connectivity index (χ2v) is 3.78. The molecule has 0 saturated carbocycles. The zero-order valence-electron chi connectivity index (χ0n) is 7.30. The molecule has 3 nitrogen and oxygen atoms in total. The third-order valence-electron chi connectivity index (χ3n) is 1.78. The molecule has 4 heteroatoms. The Balaban J connectivity index is 2.84. The van der Waals surface area contributed by atoms with Gasteiger partial charge in [-0.1, -0.05) is 11.8 Å². The van der Waals surface area contributed by atoms with Crippen LogP contribution in [0.4, 0.5) is 0 Å². The molecule has 1 aliphatic rings. The van der Waals surface area contributed by atoms with Crippen molar-refractivity contribution in [2.45, 2.75) is 26.3 Å². The van der Waals surface area contributed by atoms with Crippen LogP contribution in [0.1, 0.15) is 20.8 Å². The van der Waals surface area contributed by atoms with Crippen molar-refractivity contribution in [3.05, 3.63) is 0 Å². The summed E-state index contributed by atoms with van der Waals surface area (Å²) in [6, 6.07) is 0. The Morgan fingerprint density at radius 2 is 2.09 bits per heavy atom. The van der Waals surface area contributed by atoms with Crippen LogP contribution < -0.4 is 5.43 Å². The van der Waals surface area contributed by atoms with Crippen LogP contribution in [-0.4, -0.2) is 22.7 Å². The summed E-state index contributed by atoms with van der Waals surface area (Å²) in [4.78, 5) is 4.45. The van der Waals surface area contributed by atoms with Gasteiger partial charge in [-0.25, -0.2) is 4.99 Å². The Morgan fingerprint density at radius 1 is 1.45 bits per heavy atom. The van der Waals surface area contributed by atoms with Gasteiger partial charge < -0.3 is 0 Å². The van der Waals surface area contributed by atoms with E-state index < -0.39 is 0 Å². The topological polar surface area (TPSA) is 36.8 Å². The van der Waals surface area contributed by atoms with Crippen molar-refractivity contribution in [1.29, 1.82) is 0 Å². The molecule has 0 unspecified atom stereocenters. The van der Waals surface area contributed by atoms with E-state index in [-0.39, 0.29) is 5.54 Å². The van der Waals surface area contributed by atoms with Crippen LogP contribution in [0.25, 0.3) is 0 Å². The van der Waals surface area contributed by atoms with E-state index in [4.69, 9.17) is 0 Å². The number of aliphatic imine (C=N–C) groups is 1. The van der Waals surface area contributed by atoms with Crippen molar-refractivity contribution in [3.8, 4) is 0 Å². The summed E-state index contributed by atoms with van der Waals surface area (Å²) in [6.07, 6.45) is 1.98. The molecule has 0 atom stereocenters. The van der Waals surface area contributed by atoms with E-state index in [1.165, 1.54) is 0 Å². The van der Waals surface area contributed by atoms with Gasteiger partial charge in [0.2, 0.25) is 0 Å². The molecular weight excluding hydrogens is 158 g/mol. The minimum atomic E-state index is -0.135. The number of hydrogen-bond donors (Lipinski definition) is 1. The van der Waals surface area contributed by atoms with Gasteiger partial charge in [0.05, 0.1) is 11.3 Å². The molecule has 62 valence electrons. The quantitative estimate of drug-likeness (QED) is 0.599. The van der Waals surface area contributed by atoms with Crippen molar-refractivity contribution >= 4 is 22.6 Å². The molecule has 0 fully saturated rings. The highest BCUT2D eigenvalue weighted by atomic mass is 32.2. The Hall–Kier alpha value is -0.510. The van der Waals surface area contributed by atoms with Crippen molar-refractivity contribution in [2.75, 3.05) is 6.26 Å². The molecule has 1 aliphatic heterocycles. The summed E-state index contributed by atoms with van der Waals surface area (Å²) in [5.74, 6) is 0. The van der Waals surface area contributed by atoms with Gasteiger partial charge in [-0.3, -0.25) is 5.43 Å². The molecule has 0 amide bonds. The molecule has 0 aromatic heterocycles. The Kier molecular flexibility index (Phi) is 2.23. The highest BCUT2D eigenvalue weighted by Crippen LogP contribution is 2.16. The van der Waals surface area contributed by atoms with Gasteiger partial charge in [0.1, 0.15) is 0 Å². The fraction of sp³-hybridized carbons (Fsp3) is 0.714. The van der Waals surface area contributed by atoms with E-state index in [1.54, 1.807) is 11.8 Å². The maximum Gasteiger partial charge on any atom is 0.177 e. The molecule has 0 saturated heterocycles. The Bertz CT molecular complexity index is 218. The molecule has 0 aliphatic carbocycles. The van der Waals surface area contributed by atoms with Gasteiger partial charge in [0.15, 0.2) is 5.17 Å². The van der Waals surface area contributed by atoms with Crippen LogP contribution >= 0.6 is 11.8 Å². The lowest BCUT2D eigenvalue weighted by molar-refractivity contribution is 0.671. The van der Waals surface area contributed by atoms with Crippen LogP contribution in [-0.2, 0) is 0 Å². The molecule has 1 N–H and O–H groups in total. The molecule has 0 aromatic carbocycles. The van der Waals surface area contributed by atoms with E-state index in [1.807, 2.05) is 13.2 Å². The van der Waals surface area contributed by atoms with Gasteiger partial charge in [0, 0.05) is 0 Å². The van der Waals surface area contributed by atoms with Crippen molar-refractivity contribution in [3.63, 3.8) is 0 Å². The number of hydrogen-bond acceptors (Lipinski definition) is 4. The lowest BCUT2D eigenvalue weighted by Gasteiger charge is -2.24. The van der Waals surface area contributed by atoms with Crippen LogP contribution in [0, 0.1) is 0 Å². The summed E-state index contributed by atoms with van der Waals surface area (Å²) in [5, 5.41) is 5.04. The summed E-state index contributed by atoms with van der Waals surface area (Å²) >= 11 is 1.58. The third-order valence-corrected chi connectivity index (χ3v) is 2.35. The summed E-state index contributed by atoms with van der Waals surface area (Å²) in [7, 11) is 0. The van der Waals surface area contributed by atoms with E-state index in [2.05, 4.69) is 29.4 Å². The SMILES string of the molecule is CSC1=NC(C)(C)C(C)=NN1. The van der Waals surface area contributed by atoms with Crippen LogP contribution in [0.2, 0.25) is 0 Å². The fourth-order valence-electron chi connectivity index (χ4n) is 0.720. The number of hydrazone groups is 1. The molecule has 0 aromatic rings. The van der Waals surface area contributed by atoms with Crippen molar-refractivity contribution in [1.82, 2.24) is 5.43 Å². The Labute approximate surface area is 71.4 Å². The monoisotopic (exact) mass is 171 g/mol. The van der Waals surface area contributed by atoms with E-state index in [0.29, 0.717) is 0 Å². The molecule has 0 bridgehead atoms. The third kappa shape index (κ3) is 1.74. The number of amidine groups is 1. The number of nitrogens with zero attached hydrogens (tertiary/aromatic N) is 2. The predicted octanol–water partition coefficient (Wildman–Crippen LogP) is 1.46. The van der Waals surface area contributed by atoms with Crippen molar-refractivity contribution < 1.29 is 0 Å². The van der Waals surface area contributed by atoms with Gasteiger partial charge in [-0.05, 0) is 27.0 Å². The van der Waals surface area contributed by atoms with Crippen LogP contribution in [0.5, 0.6) is 0 Å². The minimum Gasteiger partial charge on any atom is -0.256 e. The van der Waals surface area contributed by atoms with E-state index >= 15 is 0 Å². The standard InChI is InChI=1S/C7H13N3S/c1-5-7(2,3)8-6(11-4)10-9-5/h1-4H3,(H,8,10). The summed E-state index contributed by atoms with van der Waals surface area (Å²) in [6.45, 7) is 6.10. The smallest absolute Gasteiger partial charge is 0.177 e. The first-order chi connectivity index (χ1) is 5.06. The molecule has 0 radical (unpaired) electrons. The van der Waals surface area contributed by atoms with E-state index in [0.717, 1.165) is 10.9 Å².